The summed E-state index contributed by atoms with van der Waals surface area (Å²) in [5.74, 6) is -0.908. The third kappa shape index (κ3) is 10.0. The third-order valence-electron chi connectivity index (χ3n) is 5.32. The van der Waals surface area contributed by atoms with Gasteiger partial charge in [0.1, 0.15) is 5.75 Å². The van der Waals surface area contributed by atoms with E-state index in [4.69, 9.17) is 37.4 Å². The number of hydrogen-bond acceptors (Lipinski definition) is 7. The summed E-state index contributed by atoms with van der Waals surface area (Å²) in [5, 5.41) is 9.52. The SMILES string of the molecule is CCCCOc1ccc(NC(=O)C(=O)N/N=C\c2ccc(OCC(=O)Nc3cccc(Cl)c3Cl)c(OCC)c2)cc1. The summed E-state index contributed by atoms with van der Waals surface area (Å²) >= 11 is 12.1. The van der Waals surface area contributed by atoms with Crippen LogP contribution >= 0.6 is 23.2 Å². The fourth-order valence-electron chi connectivity index (χ4n) is 3.30. The first-order valence-electron chi connectivity index (χ1n) is 12.8. The molecule has 0 unspecified atom stereocenters. The zero-order valence-electron chi connectivity index (χ0n) is 22.5. The van der Waals surface area contributed by atoms with Gasteiger partial charge in [-0.2, -0.15) is 5.10 Å². The van der Waals surface area contributed by atoms with Crippen LogP contribution in [-0.4, -0.2) is 43.8 Å². The molecule has 3 aromatic rings. The number of hydrogen-bond donors (Lipinski definition) is 3. The van der Waals surface area contributed by atoms with Gasteiger partial charge >= 0.3 is 11.8 Å². The van der Waals surface area contributed by atoms with Crippen LogP contribution in [0.1, 0.15) is 32.3 Å². The van der Waals surface area contributed by atoms with Crippen molar-refractivity contribution in [3.63, 3.8) is 0 Å². The lowest BCUT2D eigenvalue weighted by molar-refractivity contribution is -0.136. The van der Waals surface area contributed by atoms with Crippen LogP contribution in [0, 0.1) is 0 Å². The number of unbranched alkanes of at least 4 members (excludes halogenated alkanes) is 1. The van der Waals surface area contributed by atoms with Gasteiger partial charge in [-0.1, -0.05) is 42.6 Å². The molecule has 41 heavy (non-hydrogen) atoms. The summed E-state index contributed by atoms with van der Waals surface area (Å²) in [6.07, 6.45) is 3.32. The molecule has 0 radical (unpaired) electrons. The Morgan fingerprint density at radius 3 is 2.39 bits per heavy atom. The van der Waals surface area contributed by atoms with Crippen molar-refractivity contribution < 1.29 is 28.6 Å². The van der Waals surface area contributed by atoms with Gasteiger partial charge in [0, 0.05) is 5.69 Å². The Kier molecular flexibility index (Phi) is 12.3. The highest BCUT2D eigenvalue weighted by Gasteiger charge is 2.14. The minimum Gasteiger partial charge on any atom is -0.494 e. The number of hydrazone groups is 1. The topological polar surface area (TPSA) is 127 Å². The molecular weight excluding hydrogens is 571 g/mol. The molecule has 0 aliphatic heterocycles. The van der Waals surface area contributed by atoms with Crippen molar-refractivity contribution >= 4 is 58.5 Å². The molecule has 0 fully saturated rings. The Bertz CT molecular complexity index is 1380. The summed E-state index contributed by atoms with van der Waals surface area (Å²) in [5.41, 5.74) is 3.54. The summed E-state index contributed by atoms with van der Waals surface area (Å²) in [7, 11) is 0. The molecule has 0 aliphatic carbocycles. The third-order valence-corrected chi connectivity index (χ3v) is 6.14. The number of benzene rings is 3. The van der Waals surface area contributed by atoms with Gasteiger partial charge in [-0.05, 0) is 73.5 Å². The minimum atomic E-state index is -0.944. The van der Waals surface area contributed by atoms with Crippen LogP contribution in [-0.2, 0) is 14.4 Å². The number of anilines is 2. The molecule has 3 aromatic carbocycles. The van der Waals surface area contributed by atoms with Gasteiger partial charge in [0.25, 0.3) is 5.91 Å². The van der Waals surface area contributed by atoms with E-state index in [2.05, 4.69) is 28.1 Å². The van der Waals surface area contributed by atoms with Gasteiger partial charge in [0.2, 0.25) is 0 Å². The van der Waals surface area contributed by atoms with Crippen LogP contribution in [0.15, 0.2) is 65.8 Å². The molecule has 0 bridgehead atoms. The van der Waals surface area contributed by atoms with E-state index in [9.17, 15) is 14.4 Å². The van der Waals surface area contributed by atoms with E-state index in [0.29, 0.717) is 52.4 Å². The van der Waals surface area contributed by atoms with E-state index < -0.39 is 17.7 Å². The number of nitrogens with zero attached hydrogens (tertiary/aromatic N) is 1. The number of halogens is 2. The Morgan fingerprint density at radius 2 is 1.66 bits per heavy atom. The van der Waals surface area contributed by atoms with Crippen LogP contribution in [0.3, 0.4) is 0 Å². The lowest BCUT2D eigenvalue weighted by Crippen LogP contribution is -2.32. The fourth-order valence-corrected chi connectivity index (χ4v) is 3.64. The molecule has 0 saturated heterocycles. The van der Waals surface area contributed by atoms with Crippen molar-refractivity contribution in [3.05, 3.63) is 76.3 Å². The van der Waals surface area contributed by atoms with Crippen molar-refractivity contribution in [1.82, 2.24) is 5.43 Å². The molecule has 0 aliphatic rings. The lowest BCUT2D eigenvalue weighted by Gasteiger charge is -2.13. The maximum Gasteiger partial charge on any atom is 0.329 e. The highest BCUT2D eigenvalue weighted by molar-refractivity contribution is 6.44. The molecule has 3 N–H and O–H groups in total. The average molecular weight is 601 g/mol. The second-order valence-corrected chi connectivity index (χ2v) is 9.24. The van der Waals surface area contributed by atoms with E-state index >= 15 is 0 Å². The standard InChI is InChI=1S/C29H30Cl2N4O6/c1-3-5-15-40-21-12-10-20(11-13-21)33-28(37)29(38)35-32-17-19-9-14-24(25(16-19)39-4-2)41-18-26(36)34-23-8-6-7-22(30)27(23)31/h6-14,16-17H,3-5,15,18H2,1-2H3,(H,33,37)(H,34,36)(H,35,38)/b32-17-. The smallest absolute Gasteiger partial charge is 0.329 e. The Balaban J connectivity index is 1.52. The van der Waals surface area contributed by atoms with Crippen molar-refractivity contribution in [2.75, 3.05) is 30.5 Å². The second-order valence-electron chi connectivity index (χ2n) is 8.46. The van der Waals surface area contributed by atoms with Crippen LogP contribution in [0.25, 0.3) is 0 Å². The molecule has 10 nitrogen and oxygen atoms in total. The molecule has 3 amide bonds. The highest BCUT2D eigenvalue weighted by Crippen LogP contribution is 2.30. The molecule has 12 heteroatoms. The Labute approximate surface area is 248 Å². The Morgan fingerprint density at radius 1 is 0.878 bits per heavy atom. The average Bonchev–Trinajstić information content (AvgIpc) is 2.96. The number of ether oxygens (including phenoxy) is 3. The van der Waals surface area contributed by atoms with E-state index in [-0.39, 0.29) is 11.6 Å². The van der Waals surface area contributed by atoms with Crippen molar-refractivity contribution in [3.8, 4) is 17.2 Å². The van der Waals surface area contributed by atoms with Gasteiger partial charge in [-0.15, -0.1) is 0 Å². The zero-order valence-corrected chi connectivity index (χ0v) is 24.1. The largest absolute Gasteiger partial charge is 0.494 e. The summed E-state index contributed by atoms with van der Waals surface area (Å²) in [4.78, 5) is 36.7. The van der Waals surface area contributed by atoms with E-state index in [1.165, 1.54) is 6.21 Å². The van der Waals surface area contributed by atoms with Crippen LogP contribution < -0.4 is 30.3 Å². The highest BCUT2D eigenvalue weighted by atomic mass is 35.5. The minimum absolute atomic E-state index is 0.229. The molecular formula is C29H30Cl2N4O6. The first kappa shape index (κ1) is 31.3. The summed E-state index contributed by atoms with van der Waals surface area (Å²) in [6.45, 7) is 4.51. The normalized spacial score (nSPS) is 10.6. The summed E-state index contributed by atoms with van der Waals surface area (Å²) < 4.78 is 16.8. The van der Waals surface area contributed by atoms with E-state index in [1.807, 2.05) is 0 Å². The number of nitrogens with one attached hydrogen (secondary N) is 3. The number of carbonyl (C=O) groups excluding carboxylic acids is 3. The maximum atomic E-state index is 12.3. The van der Waals surface area contributed by atoms with Crippen LogP contribution in [0.2, 0.25) is 10.0 Å². The molecule has 0 saturated carbocycles. The number of rotatable bonds is 13. The molecule has 3 rings (SSSR count). The molecule has 0 spiro atoms. The summed E-state index contributed by atoms with van der Waals surface area (Å²) in [6, 6.07) is 16.5. The quantitative estimate of drug-likeness (QED) is 0.100. The Hall–Kier alpha value is -4.28. The van der Waals surface area contributed by atoms with Crippen molar-refractivity contribution in [2.45, 2.75) is 26.7 Å². The van der Waals surface area contributed by atoms with E-state index in [0.717, 1.165) is 12.8 Å². The van der Waals surface area contributed by atoms with Crippen LogP contribution in [0.4, 0.5) is 11.4 Å². The number of amides is 3. The fraction of sp³-hybridized carbons (Fsp3) is 0.241. The number of carbonyl (C=O) groups is 3. The van der Waals surface area contributed by atoms with Crippen molar-refractivity contribution in [2.24, 2.45) is 5.10 Å². The maximum absolute atomic E-state index is 12.3. The van der Waals surface area contributed by atoms with Gasteiger partial charge in [0.15, 0.2) is 18.1 Å². The first-order valence-corrected chi connectivity index (χ1v) is 13.6. The van der Waals surface area contributed by atoms with Gasteiger partial charge < -0.3 is 24.8 Å². The van der Waals surface area contributed by atoms with Gasteiger partial charge in [0.05, 0.1) is 35.2 Å². The second kappa shape index (κ2) is 16.1. The molecule has 0 heterocycles. The first-order chi connectivity index (χ1) is 19.8. The predicted octanol–water partition coefficient (Wildman–Crippen LogP) is 5.68. The van der Waals surface area contributed by atoms with E-state index in [1.54, 1.807) is 67.6 Å². The predicted molar refractivity (Wildman–Crippen MR) is 159 cm³/mol. The lowest BCUT2D eigenvalue weighted by atomic mass is 10.2. The molecule has 216 valence electrons. The van der Waals surface area contributed by atoms with Crippen LogP contribution in [0.5, 0.6) is 17.2 Å². The van der Waals surface area contributed by atoms with Gasteiger partial charge in [-0.25, -0.2) is 5.43 Å². The zero-order chi connectivity index (χ0) is 29.6. The molecule has 0 aromatic heterocycles. The van der Waals surface area contributed by atoms with Gasteiger partial charge in [-0.3, -0.25) is 14.4 Å². The van der Waals surface area contributed by atoms with Crippen molar-refractivity contribution in [1.29, 1.82) is 0 Å². The monoisotopic (exact) mass is 600 g/mol. The molecule has 0 atom stereocenters.